The molecule has 0 unspecified atom stereocenters. The Morgan fingerprint density at radius 1 is 0.288 bits per heavy atom. The van der Waals surface area contributed by atoms with Crippen LogP contribution in [0, 0.1) is 0 Å². The zero-order valence-corrected chi connectivity index (χ0v) is 33.3. The molecule has 0 radical (unpaired) electrons. The van der Waals surface area contributed by atoms with Gasteiger partial charge in [0.05, 0.1) is 5.41 Å². The molecule has 59 heavy (non-hydrogen) atoms. The Bertz CT molecular complexity index is 2940. The average Bonchev–Trinajstić information content (AvgIpc) is 3.73. The molecule has 9 aromatic carbocycles. The summed E-state index contributed by atoms with van der Waals surface area (Å²) in [6.07, 6.45) is 0. The summed E-state index contributed by atoms with van der Waals surface area (Å²) in [5, 5.41) is 0. The Labute approximate surface area is 347 Å². The molecule has 2 aliphatic carbocycles. The molecule has 11 rings (SSSR count). The highest BCUT2D eigenvalue weighted by Crippen LogP contribution is 2.57. The van der Waals surface area contributed by atoms with Crippen molar-refractivity contribution in [2.75, 3.05) is 4.90 Å². The summed E-state index contributed by atoms with van der Waals surface area (Å²) in [7, 11) is 0. The lowest BCUT2D eigenvalue weighted by Gasteiger charge is -2.34. The average molecular weight is 754 g/mol. The lowest BCUT2D eigenvalue weighted by molar-refractivity contribution is 0.660. The second-order valence-electron chi connectivity index (χ2n) is 16.5. The van der Waals surface area contributed by atoms with E-state index in [1.807, 2.05) is 0 Å². The Balaban J connectivity index is 0.963. The monoisotopic (exact) mass is 753 g/mol. The zero-order valence-electron chi connectivity index (χ0n) is 33.3. The van der Waals surface area contributed by atoms with Gasteiger partial charge in [-0.3, -0.25) is 0 Å². The highest BCUT2D eigenvalue weighted by molar-refractivity contribution is 5.89. The molecule has 2 aliphatic rings. The molecule has 0 heterocycles. The lowest BCUT2D eigenvalue weighted by Crippen LogP contribution is -2.28. The largest absolute Gasteiger partial charge is 0.311 e. The zero-order chi connectivity index (χ0) is 39.6. The molecule has 0 fully saturated rings. The predicted octanol–water partition coefficient (Wildman–Crippen LogP) is 15.2. The van der Waals surface area contributed by atoms with E-state index in [2.05, 4.69) is 243 Å². The van der Waals surface area contributed by atoms with Crippen LogP contribution in [0.3, 0.4) is 0 Å². The van der Waals surface area contributed by atoms with Crippen molar-refractivity contribution in [3.63, 3.8) is 0 Å². The first-order valence-corrected chi connectivity index (χ1v) is 20.7. The molecular formula is C58H43N. The number of hydrogen-bond acceptors (Lipinski definition) is 1. The second kappa shape index (κ2) is 13.7. The van der Waals surface area contributed by atoms with Gasteiger partial charge in [0.2, 0.25) is 0 Å². The van der Waals surface area contributed by atoms with Gasteiger partial charge in [-0.2, -0.15) is 0 Å². The number of rotatable bonds is 7. The summed E-state index contributed by atoms with van der Waals surface area (Å²) in [5.74, 6) is 0. The Morgan fingerprint density at radius 3 is 1.20 bits per heavy atom. The fraction of sp³-hybridized carbons (Fsp3) is 0.0690. The van der Waals surface area contributed by atoms with Gasteiger partial charge in [0.15, 0.2) is 0 Å². The van der Waals surface area contributed by atoms with Gasteiger partial charge in [-0.1, -0.05) is 190 Å². The third kappa shape index (κ3) is 5.46. The second-order valence-corrected chi connectivity index (χ2v) is 16.5. The lowest BCUT2D eigenvalue weighted by atomic mass is 9.67. The van der Waals surface area contributed by atoms with Gasteiger partial charge in [-0.05, 0) is 126 Å². The molecule has 1 nitrogen and oxygen atoms in total. The van der Waals surface area contributed by atoms with Crippen LogP contribution in [0.25, 0.3) is 44.5 Å². The van der Waals surface area contributed by atoms with Crippen molar-refractivity contribution in [2.45, 2.75) is 24.7 Å². The maximum Gasteiger partial charge on any atom is 0.0713 e. The third-order valence-corrected chi connectivity index (χ3v) is 13.0. The smallest absolute Gasteiger partial charge is 0.0713 e. The fourth-order valence-electron chi connectivity index (χ4n) is 10.1. The van der Waals surface area contributed by atoms with Gasteiger partial charge < -0.3 is 4.90 Å². The van der Waals surface area contributed by atoms with Crippen molar-refractivity contribution < 1.29 is 0 Å². The molecule has 9 aromatic rings. The van der Waals surface area contributed by atoms with E-state index >= 15 is 0 Å². The summed E-state index contributed by atoms with van der Waals surface area (Å²) >= 11 is 0. The Morgan fingerprint density at radius 2 is 0.661 bits per heavy atom. The number of nitrogens with zero attached hydrogens (tertiary/aromatic N) is 1. The molecule has 0 atom stereocenters. The van der Waals surface area contributed by atoms with E-state index in [1.165, 1.54) is 77.9 Å². The molecule has 0 N–H and O–H groups in total. The van der Waals surface area contributed by atoms with Crippen LogP contribution in [-0.4, -0.2) is 0 Å². The first kappa shape index (κ1) is 35.0. The van der Waals surface area contributed by atoms with Crippen LogP contribution in [0.1, 0.15) is 47.2 Å². The third-order valence-electron chi connectivity index (χ3n) is 13.0. The minimum Gasteiger partial charge on any atom is -0.311 e. The van der Waals surface area contributed by atoms with E-state index in [-0.39, 0.29) is 5.41 Å². The van der Waals surface area contributed by atoms with Crippen LogP contribution in [0.2, 0.25) is 0 Å². The summed E-state index contributed by atoms with van der Waals surface area (Å²) in [6, 6.07) is 82.8. The van der Waals surface area contributed by atoms with E-state index in [1.54, 1.807) is 0 Å². The van der Waals surface area contributed by atoms with Crippen LogP contribution in [0.15, 0.2) is 224 Å². The molecule has 0 saturated carbocycles. The SMILES string of the molecule is CC1(C)c2ccccc2-c2ccc(-c3ccc(N(c4ccccc4)c4ccc(-c5ccc6c(c5)C(c5ccccc5)(c5ccccc5)c5ccccc5-6)cc4)cc3)cc21. The van der Waals surface area contributed by atoms with Gasteiger partial charge in [0.25, 0.3) is 0 Å². The first-order valence-electron chi connectivity index (χ1n) is 20.7. The van der Waals surface area contributed by atoms with Crippen LogP contribution >= 0.6 is 0 Å². The topological polar surface area (TPSA) is 3.24 Å². The molecule has 0 saturated heterocycles. The van der Waals surface area contributed by atoms with Crippen LogP contribution in [0.5, 0.6) is 0 Å². The van der Waals surface area contributed by atoms with Gasteiger partial charge in [0.1, 0.15) is 0 Å². The van der Waals surface area contributed by atoms with Gasteiger partial charge >= 0.3 is 0 Å². The predicted molar refractivity (Wildman–Crippen MR) is 247 cm³/mol. The Hall–Kier alpha value is -7.22. The minimum atomic E-state index is -0.429. The van der Waals surface area contributed by atoms with Crippen molar-refractivity contribution in [2.24, 2.45) is 0 Å². The van der Waals surface area contributed by atoms with Crippen LogP contribution in [-0.2, 0) is 10.8 Å². The molecular weight excluding hydrogens is 711 g/mol. The van der Waals surface area contributed by atoms with Crippen molar-refractivity contribution >= 4 is 17.1 Å². The fourth-order valence-corrected chi connectivity index (χ4v) is 10.1. The quantitative estimate of drug-likeness (QED) is 0.157. The van der Waals surface area contributed by atoms with E-state index < -0.39 is 5.41 Å². The molecule has 0 amide bonds. The van der Waals surface area contributed by atoms with E-state index in [4.69, 9.17) is 0 Å². The maximum absolute atomic E-state index is 2.44. The van der Waals surface area contributed by atoms with Crippen molar-refractivity contribution in [1.82, 2.24) is 0 Å². The molecule has 280 valence electrons. The summed E-state index contributed by atoms with van der Waals surface area (Å²) in [5.41, 5.74) is 21.0. The number of hydrogen-bond donors (Lipinski definition) is 0. The van der Waals surface area contributed by atoms with E-state index in [9.17, 15) is 0 Å². The van der Waals surface area contributed by atoms with Gasteiger partial charge in [-0.15, -0.1) is 0 Å². The standard InChI is InChI=1S/C58H43N/c1-57(2)53-24-14-12-22-49(53)51-36-30-42(38-55(51)57)40-26-32-47(33-27-40)59(46-20-10-5-11-21-46)48-34-28-41(29-35-48)43-31-37-52-50-23-13-15-25-54(50)58(56(52)39-43,44-16-6-3-7-17-44)45-18-8-4-9-19-45/h3-39H,1-2H3. The maximum atomic E-state index is 2.44. The number of anilines is 3. The van der Waals surface area contributed by atoms with E-state index in [0.29, 0.717) is 0 Å². The number of fused-ring (bicyclic) bond motifs is 6. The number of benzene rings is 9. The molecule has 1 heteroatoms. The highest BCUT2D eigenvalue weighted by atomic mass is 15.1. The van der Waals surface area contributed by atoms with Crippen molar-refractivity contribution in [3.8, 4) is 44.5 Å². The minimum absolute atomic E-state index is 0.0319. The molecule has 0 spiro atoms. The molecule has 0 bridgehead atoms. The van der Waals surface area contributed by atoms with Crippen molar-refractivity contribution in [1.29, 1.82) is 0 Å². The Kier molecular flexibility index (Phi) is 8.13. The highest BCUT2D eigenvalue weighted by Gasteiger charge is 2.46. The number of para-hydroxylation sites is 1. The van der Waals surface area contributed by atoms with Gasteiger partial charge in [-0.25, -0.2) is 0 Å². The summed E-state index contributed by atoms with van der Waals surface area (Å²) in [4.78, 5) is 2.35. The molecule has 0 aliphatic heterocycles. The molecule has 0 aromatic heterocycles. The normalized spacial score (nSPS) is 13.9. The van der Waals surface area contributed by atoms with Crippen LogP contribution in [0.4, 0.5) is 17.1 Å². The van der Waals surface area contributed by atoms with Crippen LogP contribution < -0.4 is 4.90 Å². The first-order chi connectivity index (χ1) is 29.0. The van der Waals surface area contributed by atoms with Crippen molar-refractivity contribution in [3.05, 3.63) is 258 Å². The van der Waals surface area contributed by atoms with E-state index in [0.717, 1.165) is 17.1 Å². The van der Waals surface area contributed by atoms with Gasteiger partial charge in [0, 0.05) is 22.5 Å². The summed E-state index contributed by atoms with van der Waals surface area (Å²) < 4.78 is 0. The summed E-state index contributed by atoms with van der Waals surface area (Å²) in [6.45, 7) is 4.69.